The van der Waals surface area contributed by atoms with Crippen LogP contribution in [0.5, 0.6) is 0 Å². The Balaban J connectivity index is 1.30. The molecule has 3 aromatic heterocycles. The lowest BCUT2D eigenvalue weighted by molar-refractivity contribution is -0.132. The van der Waals surface area contributed by atoms with Crippen LogP contribution in [-0.4, -0.2) is 43.1 Å². The molecular formula is C23H26N6OS. The number of rotatable bonds is 6. The van der Waals surface area contributed by atoms with Crippen LogP contribution in [0, 0.1) is 6.92 Å². The van der Waals surface area contributed by atoms with Crippen molar-refractivity contribution in [2.45, 2.75) is 38.6 Å². The smallest absolute Gasteiger partial charge is 0.224 e. The number of likely N-dealkylation sites (tertiary alicyclic amines) is 1. The zero-order valence-corrected chi connectivity index (χ0v) is 18.4. The van der Waals surface area contributed by atoms with Crippen LogP contribution in [0.2, 0.25) is 0 Å². The van der Waals surface area contributed by atoms with Crippen molar-refractivity contribution in [1.82, 2.24) is 24.1 Å². The predicted octanol–water partition coefficient (Wildman–Crippen LogP) is 4.44. The number of nitrogens with one attached hydrogen (secondary N) is 1. The number of imidazole rings is 1. The molecule has 4 heterocycles. The van der Waals surface area contributed by atoms with E-state index in [-0.39, 0.29) is 11.8 Å². The number of nitrogens with zero attached hydrogens (tertiary/aromatic N) is 5. The fourth-order valence-electron chi connectivity index (χ4n) is 4.24. The highest BCUT2D eigenvalue weighted by atomic mass is 32.1. The first-order valence-corrected chi connectivity index (χ1v) is 11.6. The molecule has 1 fully saturated rings. The number of aryl methyl sites for hydroxylation is 2. The van der Waals surface area contributed by atoms with Crippen LogP contribution >= 0.6 is 11.3 Å². The average molecular weight is 435 g/mol. The van der Waals surface area contributed by atoms with Crippen LogP contribution in [0.15, 0.2) is 54.3 Å². The number of aromatic nitrogens is 4. The molecule has 1 aliphatic rings. The number of anilines is 2. The summed E-state index contributed by atoms with van der Waals surface area (Å²) in [5.74, 6) is 1.28. The number of amides is 1. The Kier molecular flexibility index (Phi) is 5.46. The Morgan fingerprint density at radius 2 is 2.16 bits per heavy atom. The highest BCUT2D eigenvalue weighted by Gasteiger charge is 2.28. The zero-order chi connectivity index (χ0) is 21.2. The van der Waals surface area contributed by atoms with Crippen molar-refractivity contribution in [3.05, 3.63) is 65.6 Å². The van der Waals surface area contributed by atoms with Gasteiger partial charge in [0.05, 0.1) is 11.9 Å². The standard InChI is InChI=1S/C23H26N6OS/c1-17-14-24-28(15-17)11-9-20(30)27-10-5-6-18(16-27)21-22-29(12-13-31-22)23(26-21)25-19-7-3-2-4-8-19/h2-4,7-8,12-15,18H,5-6,9-11,16H2,1H3,(H,25,26). The summed E-state index contributed by atoms with van der Waals surface area (Å²) in [6.45, 7) is 4.19. The molecule has 0 spiro atoms. The summed E-state index contributed by atoms with van der Waals surface area (Å²) < 4.78 is 3.97. The third-order valence-corrected chi connectivity index (χ3v) is 6.68. The second-order valence-electron chi connectivity index (χ2n) is 8.10. The van der Waals surface area contributed by atoms with Crippen molar-refractivity contribution in [3.8, 4) is 0 Å². The van der Waals surface area contributed by atoms with Gasteiger partial charge in [-0.1, -0.05) is 18.2 Å². The van der Waals surface area contributed by atoms with Gasteiger partial charge in [-0.3, -0.25) is 13.9 Å². The van der Waals surface area contributed by atoms with Crippen molar-refractivity contribution in [3.63, 3.8) is 0 Å². The minimum absolute atomic E-state index is 0.196. The molecule has 8 heteroatoms. The van der Waals surface area contributed by atoms with E-state index in [0.29, 0.717) is 13.0 Å². The topological polar surface area (TPSA) is 67.5 Å². The molecule has 4 aromatic rings. The molecule has 5 rings (SSSR count). The Morgan fingerprint density at radius 1 is 1.29 bits per heavy atom. The van der Waals surface area contributed by atoms with Gasteiger partial charge in [0.15, 0.2) is 0 Å². The number of hydrogen-bond acceptors (Lipinski definition) is 5. The van der Waals surface area contributed by atoms with Gasteiger partial charge in [-0.15, -0.1) is 11.3 Å². The Hall–Kier alpha value is -3.13. The number of piperidine rings is 1. The molecule has 7 nitrogen and oxygen atoms in total. The Morgan fingerprint density at radius 3 is 2.97 bits per heavy atom. The van der Waals surface area contributed by atoms with Crippen LogP contribution in [0.3, 0.4) is 0 Å². The van der Waals surface area contributed by atoms with Crippen molar-refractivity contribution >= 4 is 33.7 Å². The van der Waals surface area contributed by atoms with Crippen LogP contribution in [0.4, 0.5) is 11.6 Å². The van der Waals surface area contributed by atoms with E-state index in [2.05, 4.69) is 26.4 Å². The van der Waals surface area contributed by atoms with Crippen molar-refractivity contribution in [1.29, 1.82) is 0 Å². The van der Waals surface area contributed by atoms with Crippen LogP contribution < -0.4 is 5.32 Å². The summed E-state index contributed by atoms with van der Waals surface area (Å²) in [6, 6.07) is 10.1. The quantitative estimate of drug-likeness (QED) is 0.487. The van der Waals surface area contributed by atoms with Gasteiger partial charge < -0.3 is 10.2 Å². The molecule has 1 aliphatic heterocycles. The SMILES string of the molecule is Cc1cnn(CCC(=O)N2CCCC(c3nc(Nc4ccccc4)n4ccsc34)C2)c1. The van der Waals surface area contributed by atoms with Gasteiger partial charge in [0, 0.05) is 55.4 Å². The summed E-state index contributed by atoms with van der Waals surface area (Å²) in [5.41, 5.74) is 3.22. The fraction of sp³-hybridized carbons (Fsp3) is 0.348. The minimum atomic E-state index is 0.196. The molecule has 1 amide bonds. The number of thiazole rings is 1. The predicted molar refractivity (Wildman–Crippen MR) is 123 cm³/mol. The van der Waals surface area contributed by atoms with Gasteiger partial charge in [0.2, 0.25) is 11.9 Å². The summed E-state index contributed by atoms with van der Waals surface area (Å²) >= 11 is 1.70. The van der Waals surface area contributed by atoms with E-state index in [4.69, 9.17) is 4.98 Å². The summed E-state index contributed by atoms with van der Waals surface area (Å²) in [4.78, 5) is 21.0. The summed E-state index contributed by atoms with van der Waals surface area (Å²) in [6.07, 6.45) is 8.39. The summed E-state index contributed by atoms with van der Waals surface area (Å²) in [5, 5.41) is 9.82. The average Bonchev–Trinajstić information content (AvgIpc) is 3.51. The van der Waals surface area contributed by atoms with Gasteiger partial charge in [-0.2, -0.15) is 5.10 Å². The van der Waals surface area contributed by atoms with E-state index in [1.807, 2.05) is 59.2 Å². The van der Waals surface area contributed by atoms with Gasteiger partial charge in [-0.25, -0.2) is 4.98 Å². The molecule has 0 bridgehead atoms. The lowest BCUT2D eigenvalue weighted by Crippen LogP contribution is -2.39. The molecule has 0 aliphatic carbocycles. The molecule has 1 N–H and O–H groups in total. The van der Waals surface area contributed by atoms with Crippen molar-refractivity contribution in [2.75, 3.05) is 18.4 Å². The number of carbonyl (C=O) groups excluding carboxylic acids is 1. The van der Waals surface area contributed by atoms with E-state index in [1.54, 1.807) is 11.3 Å². The fourth-order valence-corrected chi connectivity index (χ4v) is 5.14. The first-order chi connectivity index (χ1) is 15.2. The monoisotopic (exact) mass is 434 g/mol. The molecule has 1 atom stereocenters. The maximum atomic E-state index is 12.9. The number of carbonyl (C=O) groups is 1. The molecule has 1 saturated heterocycles. The maximum Gasteiger partial charge on any atom is 0.224 e. The highest BCUT2D eigenvalue weighted by molar-refractivity contribution is 7.15. The lowest BCUT2D eigenvalue weighted by atomic mass is 9.95. The number of para-hydroxylation sites is 1. The molecule has 0 saturated carbocycles. The van der Waals surface area contributed by atoms with Crippen LogP contribution in [0.25, 0.3) is 4.83 Å². The second kappa shape index (κ2) is 8.55. The number of benzene rings is 1. The van der Waals surface area contributed by atoms with E-state index in [0.717, 1.165) is 53.7 Å². The number of hydrogen-bond donors (Lipinski definition) is 1. The number of fused-ring (bicyclic) bond motifs is 1. The largest absolute Gasteiger partial charge is 0.342 e. The van der Waals surface area contributed by atoms with Gasteiger partial charge >= 0.3 is 0 Å². The molecule has 1 aromatic carbocycles. The molecule has 31 heavy (non-hydrogen) atoms. The minimum Gasteiger partial charge on any atom is -0.342 e. The normalized spacial score (nSPS) is 16.7. The second-order valence-corrected chi connectivity index (χ2v) is 8.99. The van der Waals surface area contributed by atoms with Gasteiger partial charge in [0.25, 0.3) is 0 Å². The van der Waals surface area contributed by atoms with Crippen molar-refractivity contribution in [2.24, 2.45) is 0 Å². The van der Waals surface area contributed by atoms with Crippen LogP contribution in [0.1, 0.15) is 36.4 Å². The highest BCUT2D eigenvalue weighted by Crippen LogP contribution is 2.34. The lowest BCUT2D eigenvalue weighted by Gasteiger charge is -2.32. The van der Waals surface area contributed by atoms with E-state index >= 15 is 0 Å². The van der Waals surface area contributed by atoms with Gasteiger partial charge in [0.1, 0.15) is 4.83 Å². The van der Waals surface area contributed by atoms with Crippen molar-refractivity contribution < 1.29 is 4.79 Å². The van der Waals surface area contributed by atoms with E-state index < -0.39 is 0 Å². The summed E-state index contributed by atoms with van der Waals surface area (Å²) in [7, 11) is 0. The Labute approximate surface area is 185 Å². The zero-order valence-electron chi connectivity index (χ0n) is 17.6. The molecular weight excluding hydrogens is 408 g/mol. The maximum absolute atomic E-state index is 12.9. The van der Waals surface area contributed by atoms with E-state index in [1.165, 1.54) is 0 Å². The van der Waals surface area contributed by atoms with Crippen LogP contribution in [-0.2, 0) is 11.3 Å². The first-order valence-electron chi connectivity index (χ1n) is 10.7. The van der Waals surface area contributed by atoms with E-state index in [9.17, 15) is 4.79 Å². The Bertz CT molecular complexity index is 1180. The molecule has 0 radical (unpaired) electrons. The third-order valence-electron chi connectivity index (χ3n) is 5.79. The molecule has 1 unspecified atom stereocenters. The molecule has 160 valence electrons. The van der Waals surface area contributed by atoms with Gasteiger partial charge in [-0.05, 0) is 37.5 Å². The first kappa shape index (κ1) is 19.8. The third kappa shape index (κ3) is 4.20.